The number of anilines is 2. The fraction of sp³-hybridized carbons (Fsp3) is 0.192. The summed E-state index contributed by atoms with van der Waals surface area (Å²) >= 11 is 6.00. The fourth-order valence-corrected chi connectivity index (χ4v) is 4.05. The number of phenolic OH excluding ortho intramolecular Hbond substituents is 1. The van der Waals surface area contributed by atoms with Gasteiger partial charge in [-0.15, -0.1) is 0 Å². The van der Waals surface area contributed by atoms with Crippen LogP contribution in [0.4, 0.5) is 15.8 Å². The Labute approximate surface area is 205 Å². The van der Waals surface area contributed by atoms with Crippen molar-refractivity contribution in [3.63, 3.8) is 0 Å². The number of halogens is 2. The van der Waals surface area contributed by atoms with Gasteiger partial charge in [0, 0.05) is 30.1 Å². The average Bonchev–Trinajstić information content (AvgIpc) is 3.72. The van der Waals surface area contributed by atoms with Crippen LogP contribution in [0, 0.1) is 11.7 Å². The van der Waals surface area contributed by atoms with Crippen molar-refractivity contribution in [2.45, 2.75) is 12.8 Å². The molecule has 2 aromatic heterocycles. The second-order valence-electron chi connectivity index (χ2n) is 8.35. The van der Waals surface area contributed by atoms with E-state index in [9.17, 15) is 14.3 Å². The summed E-state index contributed by atoms with van der Waals surface area (Å²) < 4.78 is 19.6. The van der Waals surface area contributed by atoms with Crippen LogP contribution >= 0.6 is 11.6 Å². The average molecular weight is 493 g/mol. The number of phenols is 1. The van der Waals surface area contributed by atoms with Crippen LogP contribution in [0.5, 0.6) is 11.6 Å². The van der Waals surface area contributed by atoms with Crippen LogP contribution < -0.4 is 15.8 Å². The van der Waals surface area contributed by atoms with E-state index in [-0.39, 0.29) is 16.7 Å². The number of carbonyl (C=O) groups is 1. The minimum atomic E-state index is -0.815. The molecule has 0 aliphatic heterocycles. The molecule has 0 unspecified atom stereocenters. The molecule has 4 aromatic rings. The summed E-state index contributed by atoms with van der Waals surface area (Å²) in [6, 6.07) is 11.6. The van der Waals surface area contributed by atoms with E-state index in [4.69, 9.17) is 22.1 Å². The Bertz CT molecular complexity index is 1400. The summed E-state index contributed by atoms with van der Waals surface area (Å²) in [6.45, 7) is 0.745. The molecule has 35 heavy (non-hydrogen) atoms. The molecule has 0 atom stereocenters. The number of hydrogen-bond acceptors (Lipinski definition) is 7. The topological polar surface area (TPSA) is 110 Å². The van der Waals surface area contributed by atoms with Crippen LogP contribution in [-0.4, -0.2) is 34.0 Å². The van der Waals surface area contributed by atoms with Crippen LogP contribution in [0.15, 0.2) is 54.9 Å². The lowest BCUT2D eigenvalue weighted by Gasteiger charge is -2.15. The third-order valence-corrected chi connectivity index (χ3v) is 6.09. The second-order valence-corrected chi connectivity index (χ2v) is 8.76. The van der Waals surface area contributed by atoms with Gasteiger partial charge in [-0.05, 0) is 54.3 Å². The third kappa shape index (κ3) is 4.76. The quantitative estimate of drug-likeness (QED) is 0.280. The zero-order valence-corrected chi connectivity index (χ0v) is 19.3. The van der Waals surface area contributed by atoms with E-state index >= 15 is 0 Å². The Kier molecular flexibility index (Phi) is 6.23. The summed E-state index contributed by atoms with van der Waals surface area (Å²) in [5.41, 5.74) is 9.00. The number of pyridine rings is 2. The zero-order valence-electron chi connectivity index (χ0n) is 18.6. The van der Waals surface area contributed by atoms with Gasteiger partial charge in [-0.2, -0.15) is 0 Å². The number of nitrogens with one attached hydrogen (secondary N) is 1. The van der Waals surface area contributed by atoms with Gasteiger partial charge in [0.05, 0.1) is 33.7 Å². The second kappa shape index (κ2) is 9.48. The predicted octanol–water partition coefficient (Wildman–Crippen LogP) is 5.47. The van der Waals surface area contributed by atoms with Crippen molar-refractivity contribution in [2.24, 2.45) is 11.7 Å². The number of carbonyl (C=O) groups excluding carboxylic acids is 1. The van der Waals surface area contributed by atoms with Gasteiger partial charge >= 0.3 is 0 Å². The number of aromatic nitrogens is 2. The lowest BCUT2D eigenvalue weighted by atomic mass is 9.98. The van der Waals surface area contributed by atoms with Gasteiger partial charge in [-0.3, -0.25) is 9.78 Å². The van der Waals surface area contributed by atoms with Crippen molar-refractivity contribution in [1.82, 2.24) is 9.97 Å². The van der Waals surface area contributed by atoms with E-state index < -0.39 is 11.6 Å². The highest BCUT2D eigenvalue weighted by Gasteiger charge is 2.32. The Hall–Kier alpha value is -3.75. The zero-order chi connectivity index (χ0) is 24.5. The van der Waals surface area contributed by atoms with E-state index in [1.54, 1.807) is 36.7 Å². The molecule has 1 aliphatic rings. The SMILES string of the molecule is NCCOc1ccc(Nc2c(C(=O)C3CC3)cnc3ccc(-c4cc(F)c(O)c(Cl)c4)cc23)cn1. The molecule has 0 saturated heterocycles. The number of nitrogens with zero attached hydrogens (tertiary/aromatic N) is 2. The van der Waals surface area contributed by atoms with E-state index in [1.807, 2.05) is 6.07 Å². The number of hydrogen-bond donors (Lipinski definition) is 3. The van der Waals surface area contributed by atoms with Gasteiger partial charge in [0.25, 0.3) is 0 Å². The Morgan fingerprint density at radius 2 is 1.97 bits per heavy atom. The van der Waals surface area contributed by atoms with Crippen molar-refractivity contribution in [1.29, 1.82) is 0 Å². The van der Waals surface area contributed by atoms with Crippen molar-refractivity contribution in [3.8, 4) is 22.8 Å². The first-order chi connectivity index (χ1) is 16.9. The summed E-state index contributed by atoms with van der Waals surface area (Å²) in [5.74, 6) is -0.938. The maximum absolute atomic E-state index is 14.2. The van der Waals surface area contributed by atoms with Crippen LogP contribution in [0.1, 0.15) is 23.2 Å². The Balaban J connectivity index is 1.60. The first kappa shape index (κ1) is 23.0. The lowest BCUT2D eigenvalue weighted by molar-refractivity contribution is 0.0968. The number of ether oxygens (including phenoxy) is 1. The number of ketones is 1. The van der Waals surface area contributed by atoms with Crippen LogP contribution in [0.3, 0.4) is 0 Å². The minimum absolute atomic E-state index is 0.00634. The van der Waals surface area contributed by atoms with Crippen molar-refractivity contribution < 1.29 is 19.0 Å². The number of fused-ring (bicyclic) bond motifs is 1. The summed E-state index contributed by atoms with van der Waals surface area (Å²) in [4.78, 5) is 21.9. The highest BCUT2D eigenvalue weighted by Crippen LogP contribution is 2.39. The van der Waals surface area contributed by atoms with Gasteiger partial charge in [-0.25, -0.2) is 9.37 Å². The molecule has 4 N–H and O–H groups in total. The molecule has 2 heterocycles. The van der Waals surface area contributed by atoms with Gasteiger partial charge in [0.2, 0.25) is 5.88 Å². The van der Waals surface area contributed by atoms with Gasteiger partial charge in [0.1, 0.15) is 6.61 Å². The minimum Gasteiger partial charge on any atom is -0.504 e. The molecular formula is C26H22ClFN4O3. The molecule has 1 aliphatic carbocycles. The van der Waals surface area contributed by atoms with Gasteiger partial charge < -0.3 is 20.9 Å². The summed E-state index contributed by atoms with van der Waals surface area (Å²) in [7, 11) is 0. The van der Waals surface area contributed by atoms with Crippen LogP contribution in [-0.2, 0) is 0 Å². The molecule has 9 heteroatoms. The molecule has 7 nitrogen and oxygen atoms in total. The normalized spacial score (nSPS) is 13.1. The molecule has 1 saturated carbocycles. The smallest absolute Gasteiger partial charge is 0.213 e. The number of aromatic hydroxyl groups is 1. The molecule has 178 valence electrons. The predicted molar refractivity (Wildman–Crippen MR) is 133 cm³/mol. The third-order valence-electron chi connectivity index (χ3n) is 5.81. The first-order valence-corrected chi connectivity index (χ1v) is 11.5. The number of Topliss-reactive ketones (excluding diaryl/α,β-unsaturated/α-hetero) is 1. The molecule has 0 bridgehead atoms. The molecule has 0 radical (unpaired) electrons. The number of nitrogens with two attached hydrogens (primary N) is 1. The fourth-order valence-electron chi connectivity index (χ4n) is 3.84. The maximum atomic E-state index is 14.2. The lowest BCUT2D eigenvalue weighted by Crippen LogP contribution is -2.11. The summed E-state index contributed by atoms with van der Waals surface area (Å²) in [6.07, 6.45) is 4.92. The maximum Gasteiger partial charge on any atom is 0.213 e. The van der Waals surface area contributed by atoms with E-state index in [2.05, 4.69) is 15.3 Å². The highest BCUT2D eigenvalue weighted by atomic mass is 35.5. The largest absolute Gasteiger partial charge is 0.504 e. The standard InChI is InChI=1S/C26H22ClFN4O3/c27-20-10-16(11-21(28)26(20)34)15-3-5-22-18(9-15)24(19(13-30-22)25(33)14-1-2-14)32-17-4-6-23(31-12-17)35-8-7-29/h3-6,9-14,34H,1-2,7-8,29H2,(H,30,32). The van der Waals surface area contributed by atoms with Crippen molar-refractivity contribution >= 4 is 39.7 Å². The van der Waals surface area contributed by atoms with Gasteiger partial charge in [0.15, 0.2) is 17.3 Å². The van der Waals surface area contributed by atoms with Crippen LogP contribution in [0.2, 0.25) is 5.02 Å². The molecule has 0 amide bonds. The number of rotatable bonds is 8. The van der Waals surface area contributed by atoms with Crippen molar-refractivity contribution in [2.75, 3.05) is 18.5 Å². The van der Waals surface area contributed by atoms with Crippen LogP contribution in [0.25, 0.3) is 22.0 Å². The van der Waals surface area contributed by atoms with E-state index in [1.165, 1.54) is 12.1 Å². The molecule has 2 aromatic carbocycles. The molecule has 0 spiro atoms. The molecule has 1 fully saturated rings. The van der Waals surface area contributed by atoms with Gasteiger partial charge in [-0.1, -0.05) is 17.7 Å². The summed E-state index contributed by atoms with van der Waals surface area (Å²) in [5, 5.41) is 13.6. The Morgan fingerprint density at radius 3 is 2.66 bits per heavy atom. The van der Waals surface area contributed by atoms with E-state index in [0.29, 0.717) is 58.0 Å². The monoisotopic (exact) mass is 492 g/mol. The molecule has 5 rings (SSSR count). The van der Waals surface area contributed by atoms with Crippen molar-refractivity contribution in [3.05, 3.63) is 71.3 Å². The number of benzene rings is 2. The molecular weight excluding hydrogens is 471 g/mol. The Morgan fingerprint density at radius 1 is 1.14 bits per heavy atom. The highest BCUT2D eigenvalue weighted by molar-refractivity contribution is 6.32. The van der Waals surface area contributed by atoms with E-state index in [0.717, 1.165) is 12.8 Å². The first-order valence-electron chi connectivity index (χ1n) is 11.2.